The van der Waals surface area contributed by atoms with E-state index in [0.29, 0.717) is 0 Å². The summed E-state index contributed by atoms with van der Waals surface area (Å²) >= 11 is 0. The van der Waals surface area contributed by atoms with Crippen LogP contribution in [0.15, 0.2) is 165 Å². The summed E-state index contributed by atoms with van der Waals surface area (Å²) in [7, 11) is 0. The Balaban J connectivity index is 0.00000153. The van der Waals surface area contributed by atoms with E-state index < -0.39 is 0 Å². The van der Waals surface area contributed by atoms with Crippen molar-refractivity contribution >= 4 is 49.8 Å². The van der Waals surface area contributed by atoms with Gasteiger partial charge in [0.25, 0.3) is 0 Å². The van der Waals surface area contributed by atoms with Crippen LogP contribution in [-0.2, 0) is 5.41 Å². The van der Waals surface area contributed by atoms with Crippen molar-refractivity contribution in [2.45, 2.75) is 19.3 Å². The van der Waals surface area contributed by atoms with Crippen LogP contribution in [0.4, 0.5) is 17.1 Å². The first kappa shape index (κ1) is 27.7. The third-order valence-electron chi connectivity index (χ3n) is 9.52. The second-order valence-corrected chi connectivity index (χ2v) is 12.3. The van der Waals surface area contributed by atoms with Gasteiger partial charge in [-0.2, -0.15) is 0 Å². The van der Waals surface area contributed by atoms with E-state index in [1.807, 2.05) is 0 Å². The van der Waals surface area contributed by atoms with E-state index in [1.165, 1.54) is 55.2 Å². The van der Waals surface area contributed by atoms with Gasteiger partial charge in [0.15, 0.2) is 0 Å². The molecule has 3 nitrogen and oxygen atoms in total. The van der Waals surface area contributed by atoms with Gasteiger partial charge in [-0.3, -0.25) is 0 Å². The monoisotopic (exact) mass is 593 g/mol. The molecule has 0 spiro atoms. The molecule has 46 heavy (non-hydrogen) atoms. The second-order valence-electron chi connectivity index (χ2n) is 12.3. The SMILES string of the molecule is C=C.CC1(C)c2ccccc2N(c2ccc(-n3c4ccccc4c4ccc5ccn(-c6ccccc6)c5c43)cc2)c2ccccc21. The predicted octanol–water partition coefficient (Wildman–Crippen LogP) is 11.6. The molecule has 3 heteroatoms. The van der Waals surface area contributed by atoms with E-state index in [9.17, 15) is 0 Å². The van der Waals surface area contributed by atoms with Gasteiger partial charge in [0.2, 0.25) is 0 Å². The molecule has 0 bridgehead atoms. The van der Waals surface area contributed by atoms with Gasteiger partial charge in [-0.15, -0.1) is 13.2 Å². The molecule has 0 saturated heterocycles. The van der Waals surface area contributed by atoms with Crippen molar-refractivity contribution in [3.8, 4) is 11.4 Å². The Morgan fingerprint density at radius 3 is 1.76 bits per heavy atom. The number of fused-ring (bicyclic) bond motifs is 7. The molecule has 1 aliphatic heterocycles. The van der Waals surface area contributed by atoms with Gasteiger partial charge in [-0.1, -0.05) is 98.8 Å². The van der Waals surface area contributed by atoms with Crippen LogP contribution < -0.4 is 4.90 Å². The zero-order valence-electron chi connectivity index (χ0n) is 26.2. The smallest absolute Gasteiger partial charge is 0.0788 e. The average molecular weight is 594 g/mol. The molecular weight excluding hydrogens is 558 g/mol. The maximum atomic E-state index is 3.00. The third-order valence-corrected chi connectivity index (χ3v) is 9.52. The maximum absolute atomic E-state index is 3.00. The van der Waals surface area contributed by atoms with Crippen molar-refractivity contribution in [2.24, 2.45) is 0 Å². The Morgan fingerprint density at radius 1 is 0.478 bits per heavy atom. The van der Waals surface area contributed by atoms with Crippen LogP contribution in [0, 0.1) is 0 Å². The Bertz CT molecular complexity index is 2320. The minimum Gasteiger partial charge on any atom is -0.315 e. The van der Waals surface area contributed by atoms with Crippen LogP contribution in [0.5, 0.6) is 0 Å². The molecule has 0 fully saturated rings. The van der Waals surface area contributed by atoms with Gasteiger partial charge in [-0.25, -0.2) is 0 Å². The quantitative estimate of drug-likeness (QED) is 0.186. The van der Waals surface area contributed by atoms with Gasteiger partial charge in [-0.05, 0) is 71.8 Å². The molecule has 0 N–H and O–H groups in total. The number of aromatic nitrogens is 2. The van der Waals surface area contributed by atoms with Gasteiger partial charge in [0, 0.05) is 44.8 Å². The molecule has 0 atom stereocenters. The van der Waals surface area contributed by atoms with E-state index in [-0.39, 0.29) is 5.41 Å². The van der Waals surface area contributed by atoms with Gasteiger partial charge in [0.1, 0.15) is 0 Å². The summed E-state index contributed by atoms with van der Waals surface area (Å²) in [5.74, 6) is 0. The van der Waals surface area contributed by atoms with Gasteiger partial charge in [0.05, 0.1) is 27.9 Å². The molecule has 3 heterocycles. The first-order chi connectivity index (χ1) is 22.6. The first-order valence-corrected chi connectivity index (χ1v) is 15.8. The molecule has 2 aromatic heterocycles. The Morgan fingerprint density at radius 2 is 1.07 bits per heavy atom. The Hall–Kier alpha value is -5.80. The lowest BCUT2D eigenvalue weighted by molar-refractivity contribution is 0.632. The molecule has 8 aromatic rings. The highest BCUT2D eigenvalue weighted by Gasteiger charge is 2.36. The predicted molar refractivity (Wildman–Crippen MR) is 196 cm³/mol. The molecular formula is C43H35N3. The lowest BCUT2D eigenvalue weighted by atomic mass is 9.73. The fraction of sp³-hybridized carbons (Fsp3) is 0.0698. The standard InChI is InChI=1S/C41H31N3.C2H4/c1-41(2)34-15-7-10-18-37(34)43(38-19-11-8-16-35(38)41)30-21-23-31(24-22-30)44-36-17-9-6-14-32(36)33-25-20-28-26-27-42(39(28)40(33)44)29-12-4-3-5-13-29;1-2/h3-27H,1-2H3;1-2H2. The fourth-order valence-electron chi connectivity index (χ4n) is 7.44. The molecule has 0 aliphatic carbocycles. The molecule has 6 aromatic carbocycles. The zero-order chi connectivity index (χ0) is 31.4. The fourth-order valence-corrected chi connectivity index (χ4v) is 7.44. The number of benzene rings is 6. The number of hydrogen-bond acceptors (Lipinski definition) is 1. The molecule has 9 rings (SSSR count). The molecule has 0 radical (unpaired) electrons. The van der Waals surface area contributed by atoms with Gasteiger partial charge >= 0.3 is 0 Å². The number of para-hydroxylation sites is 4. The molecule has 0 amide bonds. The lowest BCUT2D eigenvalue weighted by Gasteiger charge is -2.42. The Kier molecular flexibility index (Phi) is 6.43. The van der Waals surface area contributed by atoms with Crippen molar-refractivity contribution in [3.63, 3.8) is 0 Å². The number of hydrogen-bond donors (Lipinski definition) is 0. The van der Waals surface area contributed by atoms with E-state index in [0.717, 1.165) is 17.1 Å². The van der Waals surface area contributed by atoms with Crippen molar-refractivity contribution < 1.29 is 0 Å². The molecule has 0 unspecified atom stereocenters. The van der Waals surface area contributed by atoms with Crippen LogP contribution in [0.3, 0.4) is 0 Å². The molecule has 0 saturated carbocycles. The minimum atomic E-state index is -0.0777. The second kappa shape index (κ2) is 10.7. The normalized spacial score (nSPS) is 13.3. The van der Waals surface area contributed by atoms with E-state index >= 15 is 0 Å². The summed E-state index contributed by atoms with van der Waals surface area (Å²) in [6, 6.07) is 52.9. The molecule has 222 valence electrons. The summed E-state index contributed by atoms with van der Waals surface area (Å²) < 4.78 is 4.77. The zero-order valence-corrected chi connectivity index (χ0v) is 26.2. The Labute approximate surface area is 269 Å². The highest BCUT2D eigenvalue weighted by atomic mass is 15.2. The summed E-state index contributed by atoms with van der Waals surface area (Å²) in [5.41, 5.74) is 12.2. The summed E-state index contributed by atoms with van der Waals surface area (Å²) in [6.07, 6.45) is 2.19. The van der Waals surface area contributed by atoms with E-state index in [1.54, 1.807) is 0 Å². The summed E-state index contributed by atoms with van der Waals surface area (Å²) in [5, 5.41) is 3.75. The highest BCUT2D eigenvalue weighted by molar-refractivity contribution is 6.18. The first-order valence-electron chi connectivity index (χ1n) is 15.8. The maximum Gasteiger partial charge on any atom is 0.0788 e. The lowest BCUT2D eigenvalue weighted by Crippen LogP contribution is -2.30. The highest BCUT2D eigenvalue weighted by Crippen LogP contribution is 2.51. The third kappa shape index (κ3) is 3.98. The summed E-state index contributed by atoms with van der Waals surface area (Å²) in [4.78, 5) is 2.42. The van der Waals surface area contributed by atoms with Crippen molar-refractivity contribution in [3.05, 3.63) is 176 Å². The molecule has 1 aliphatic rings. The van der Waals surface area contributed by atoms with Crippen LogP contribution in [0.25, 0.3) is 44.1 Å². The van der Waals surface area contributed by atoms with Crippen molar-refractivity contribution in [1.29, 1.82) is 0 Å². The van der Waals surface area contributed by atoms with Crippen LogP contribution >= 0.6 is 0 Å². The largest absolute Gasteiger partial charge is 0.315 e. The number of anilines is 3. The topological polar surface area (TPSA) is 13.1 Å². The van der Waals surface area contributed by atoms with Gasteiger partial charge < -0.3 is 14.0 Å². The van der Waals surface area contributed by atoms with Crippen LogP contribution in [0.2, 0.25) is 0 Å². The van der Waals surface area contributed by atoms with E-state index in [2.05, 4.69) is 193 Å². The minimum absolute atomic E-state index is 0.0777. The number of nitrogens with zero attached hydrogens (tertiary/aromatic N) is 3. The average Bonchev–Trinajstić information content (AvgIpc) is 3.70. The van der Waals surface area contributed by atoms with Crippen LogP contribution in [0.1, 0.15) is 25.0 Å². The van der Waals surface area contributed by atoms with E-state index in [4.69, 9.17) is 0 Å². The van der Waals surface area contributed by atoms with Crippen LogP contribution in [-0.4, -0.2) is 9.13 Å². The number of rotatable bonds is 3. The van der Waals surface area contributed by atoms with Crippen molar-refractivity contribution in [2.75, 3.05) is 4.90 Å². The summed E-state index contributed by atoms with van der Waals surface area (Å²) in [6.45, 7) is 10.7. The van der Waals surface area contributed by atoms with Crippen molar-refractivity contribution in [1.82, 2.24) is 9.13 Å².